The molecule has 4 rings (SSSR count). The molecule has 5 heteroatoms. The van der Waals surface area contributed by atoms with E-state index in [9.17, 15) is 4.39 Å². The van der Waals surface area contributed by atoms with Gasteiger partial charge >= 0.3 is 0 Å². The van der Waals surface area contributed by atoms with Crippen LogP contribution in [0.1, 0.15) is 18.5 Å². The van der Waals surface area contributed by atoms with Crippen LogP contribution in [-0.2, 0) is 0 Å². The molecule has 4 nitrogen and oxygen atoms in total. The first kappa shape index (κ1) is 17.9. The number of anilines is 1. The zero-order valence-corrected chi connectivity index (χ0v) is 15.7. The van der Waals surface area contributed by atoms with Crippen molar-refractivity contribution in [1.82, 2.24) is 9.97 Å². The molecule has 1 unspecified atom stereocenters. The van der Waals surface area contributed by atoms with Crippen molar-refractivity contribution < 1.29 is 9.13 Å². The average Bonchev–Trinajstić information content (AvgIpc) is 2.74. The van der Waals surface area contributed by atoms with Gasteiger partial charge in [-0.05, 0) is 47.9 Å². The molecule has 3 aromatic carbocycles. The van der Waals surface area contributed by atoms with E-state index in [2.05, 4.69) is 34.3 Å². The van der Waals surface area contributed by atoms with Crippen molar-refractivity contribution in [2.45, 2.75) is 13.0 Å². The van der Waals surface area contributed by atoms with Gasteiger partial charge in [-0.2, -0.15) is 0 Å². The van der Waals surface area contributed by atoms with Crippen molar-refractivity contribution in [3.05, 3.63) is 84.4 Å². The van der Waals surface area contributed by atoms with Gasteiger partial charge in [-0.1, -0.05) is 42.5 Å². The normalized spacial score (nSPS) is 12.0. The number of aromatic nitrogens is 2. The number of halogens is 1. The molecule has 28 heavy (non-hydrogen) atoms. The maximum Gasteiger partial charge on any atom is 0.145 e. The second-order valence-electron chi connectivity index (χ2n) is 6.58. The maximum absolute atomic E-state index is 13.3. The Morgan fingerprint density at radius 3 is 2.39 bits per heavy atom. The van der Waals surface area contributed by atoms with Crippen LogP contribution in [0.25, 0.3) is 22.0 Å². The fraction of sp³-hybridized carbons (Fsp3) is 0.130. The van der Waals surface area contributed by atoms with Gasteiger partial charge in [0.1, 0.15) is 29.2 Å². The number of methoxy groups -OCH3 is 1. The lowest BCUT2D eigenvalue weighted by Crippen LogP contribution is -2.08. The summed E-state index contributed by atoms with van der Waals surface area (Å²) in [6.45, 7) is 2.09. The minimum atomic E-state index is -0.265. The summed E-state index contributed by atoms with van der Waals surface area (Å²) in [4.78, 5) is 8.86. The van der Waals surface area contributed by atoms with E-state index in [1.165, 1.54) is 18.5 Å². The van der Waals surface area contributed by atoms with E-state index < -0.39 is 0 Å². The molecule has 0 bridgehead atoms. The summed E-state index contributed by atoms with van der Waals surface area (Å²) in [5.74, 6) is 1.11. The molecule has 0 saturated carbocycles. The molecule has 0 saturated heterocycles. The lowest BCUT2D eigenvalue weighted by atomic mass is 10.0. The third-order valence-corrected chi connectivity index (χ3v) is 4.75. The second kappa shape index (κ2) is 7.64. The number of rotatable bonds is 5. The predicted octanol–water partition coefficient (Wildman–Crippen LogP) is 5.62. The Kier molecular flexibility index (Phi) is 4.89. The van der Waals surface area contributed by atoms with Crippen LogP contribution in [0.4, 0.5) is 10.2 Å². The first-order valence-corrected chi connectivity index (χ1v) is 9.06. The topological polar surface area (TPSA) is 47.0 Å². The Balaban J connectivity index is 1.81. The monoisotopic (exact) mass is 373 g/mol. The molecule has 1 atom stereocenters. The molecule has 140 valence electrons. The van der Waals surface area contributed by atoms with Gasteiger partial charge in [0.05, 0.1) is 7.11 Å². The van der Waals surface area contributed by atoms with Gasteiger partial charge in [0.25, 0.3) is 0 Å². The zero-order valence-electron chi connectivity index (χ0n) is 15.7. The molecule has 0 aliphatic heterocycles. The van der Waals surface area contributed by atoms with Crippen LogP contribution in [0.2, 0.25) is 0 Å². The van der Waals surface area contributed by atoms with Crippen LogP contribution < -0.4 is 10.1 Å². The quantitative estimate of drug-likeness (QED) is 0.493. The van der Waals surface area contributed by atoms with Crippen molar-refractivity contribution >= 4 is 16.7 Å². The molecule has 1 aromatic heterocycles. The summed E-state index contributed by atoms with van der Waals surface area (Å²) in [6.07, 6.45) is 1.53. The highest BCUT2D eigenvalue weighted by Gasteiger charge is 2.14. The van der Waals surface area contributed by atoms with Crippen molar-refractivity contribution in [3.63, 3.8) is 0 Å². The van der Waals surface area contributed by atoms with Gasteiger partial charge in [-0.25, -0.2) is 14.4 Å². The predicted molar refractivity (Wildman–Crippen MR) is 110 cm³/mol. The molecule has 0 radical (unpaired) electrons. The van der Waals surface area contributed by atoms with Crippen LogP contribution in [0.15, 0.2) is 73.1 Å². The third kappa shape index (κ3) is 3.51. The van der Waals surface area contributed by atoms with E-state index in [0.29, 0.717) is 5.75 Å². The van der Waals surface area contributed by atoms with E-state index in [-0.39, 0.29) is 11.9 Å². The third-order valence-electron chi connectivity index (χ3n) is 4.75. The summed E-state index contributed by atoms with van der Waals surface area (Å²) in [7, 11) is 1.62. The van der Waals surface area contributed by atoms with Gasteiger partial charge in [0.15, 0.2) is 0 Å². The van der Waals surface area contributed by atoms with E-state index in [0.717, 1.165) is 33.4 Å². The molecule has 0 aliphatic rings. The molecule has 0 aliphatic carbocycles. The lowest BCUT2D eigenvalue weighted by Gasteiger charge is -2.17. The standard InChI is InChI=1S/C23H20FN3O/c1-15(16-6-4-3-5-7-16)27-23-20-12-18(17-8-10-19(24)11-9-17)13-21(28-2)22(20)25-14-26-23/h3-15H,1-2H3,(H,25,26,27). The van der Waals surface area contributed by atoms with Crippen LogP contribution >= 0.6 is 0 Å². The van der Waals surface area contributed by atoms with E-state index in [4.69, 9.17) is 4.74 Å². The summed E-state index contributed by atoms with van der Waals surface area (Å²) >= 11 is 0. The highest BCUT2D eigenvalue weighted by molar-refractivity contribution is 5.96. The van der Waals surface area contributed by atoms with Crippen molar-refractivity contribution in [2.24, 2.45) is 0 Å². The first-order valence-electron chi connectivity index (χ1n) is 9.06. The number of fused-ring (bicyclic) bond motifs is 1. The summed E-state index contributed by atoms with van der Waals surface area (Å²) in [5, 5.41) is 4.32. The Morgan fingerprint density at radius 2 is 1.68 bits per heavy atom. The Hall–Kier alpha value is -3.47. The van der Waals surface area contributed by atoms with Crippen LogP contribution in [-0.4, -0.2) is 17.1 Å². The fourth-order valence-electron chi connectivity index (χ4n) is 3.25. The molecule has 1 N–H and O–H groups in total. The Morgan fingerprint density at radius 1 is 0.929 bits per heavy atom. The molecular formula is C23H20FN3O. The van der Waals surface area contributed by atoms with E-state index in [1.807, 2.05) is 30.3 Å². The molecule has 0 spiro atoms. The van der Waals surface area contributed by atoms with Gasteiger partial charge in [-0.3, -0.25) is 0 Å². The van der Waals surface area contributed by atoms with Gasteiger partial charge in [0.2, 0.25) is 0 Å². The number of nitrogens with zero attached hydrogens (tertiary/aromatic N) is 2. The molecule has 1 heterocycles. The molecule has 0 fully saturated rings. The van der Waals surface area contributed by atoms with E-state index in [1.54, 1.807) is 19.2 Å². The SMILES string of the molecule is COc1cc(-c2ccc(F)cc2)cc2c(NC(C)c3ccccc3)ncnc12. The maximum atomic E-state index is 13.3. The number of hydrogen-bond donors (Lipinski definition) is 1. The minimum Gasteiger partial charge on any atom is -0.494 e. The Bertz CT molecular complexity index is 1100. The average molecular weight is 373 g/mol. The van der Waals surface area contributed by atoms with Gasteiger partial charge in [0, 0.05) is 11.4 Å². The van der Waals surface area contributed by atoms with Gasteiger partial charge in [-0.15, -0.1) is 0 Å². The highest BCUT2D eigenvalue weighted by atomic mass is 19.1. The Labute approximate surface area is 163 Å². The van der Waals surface area contributed by atoms with Crippen molar-refractivity contribution in [2.75, 3.05) is 12.4 Å². The number of hydrogen-bond acceptors (Lipinski definition) is 4. The summed E-state index contributed by atoms with van der Waals surface area (Å²) < 4.78 is 18.9. The number of ether oxygens (including phenoxy) is 1. The smallest absolute Gasteiger partial charge is 0.145 e. The molecular weight excluding hydrogens is 353 g/mol. The molecule has 4 aromatic rings. The summed E-state index contributed by atoms with van der Waals surface area (Å²) in [6, 6.07) is 20.6. The first-order chi connectivity index (χ1) is 13.7. The highest BCUT2D eigenvalue weighted by Crippen LogP contribution is 2.35. The number of nitrogens with one attached hydrogen (secondary N) is 1. The largest absolute Gasteiger partial charge is 0.494 e. The zero-order chi connectivity index (χ0) is 19.5. The van der Waals surface area contributed by atoms with E-state index >= 15 is 0 Å². The second-order valence-corrected chi connectivity index (χ2v) is 6.58. The van der Waals surface area contributed by atoms with Crippen LogP contribution in [0.5, 0.6) is 5.75 Å². The van der Waals surface area contributed by atoms with Crippen LogP contribution in [0, 0.1) is 5.82 Å². The molecule has 0 amide bonds. The minimum absolute atomic E-state index is 0.0692. The lowest BCUT2D eigenvalue weighted by molar-refractivity contribution is 0.419. The fourth-order valence-corrected chi connectivity index (χ4v) is 3.25. The van der Waals surface area contributed by atoms with Crippen LogP contribution in [0.3, 0.4) is 0 Å². The van der Waals surface area contributed by atoms with Crippen molar-refractivity contribution in [3.8, 4) is 16.9 Å². The summed E-state index contributed by atoms with van der Waals surface area (Å²) in [5.41, 5.74) is 3.70. The van der Waals surface area contributed by atoms with Crippen molar-refractivity contribution in [1.29, 1.82) is 0 Å². The van der Waals surface area contributed by atoms with Gasteiger partial charge < -0.3 is 10.1 Å². The number of benzene rings is 3.